The molecule has 2 N–H and O–H groups in total. The van der Waals surface area contributed by atoms with Crippen LogP contribution in [0.1, 0.15) is 5.56 Å². The van der Waals surface area contributed by atoms with Gasteiger partial charge < -0.3 is 9.47 Å². The average Bonchev–Trinajstić information content (AvgIpc) is 2.60. The zero-order valence-electron chi connectivity index (χ0n) is 13.6. The molecule has 138 valence electrons. The number of ether oxygens (including phenoxy) is 2. The van der Waals surface area contributed by atoms with E-state index in [1.807, 2.05) is 0 Å². The molecule has 0 bridgehead atoms. The van der Waals surface area contributed by atoms with Crippen LogP contribution in [0.2, 0.25) is 0 Å². The molecule has 10 nitrogen and oxygen atoms in total. The number of nitrogens with one attached hydrogen (secondary N) is 2. The highest BCUT2D eigenvalue weighted by atomic mass is 32.2. The van der Waals surface area contributed by atoms with Crippen molar-refractivity contribution in [3.05, 3.63) is 47.2 Å². The highest BCUT2D eigenvalue weighted by Crippen LogP contribution is 2.29. The molecule has 1 heterocycles. The Morgan fingerprint density at radius 1 is 1.27 bits per heavy atom. The smallest absolute Gasteiger partial charge is 0.362 e. The van der Waals surface area contributed by atoms with Crippen molar-refractivity contribution in [2.24, 2.45) is 0 Å². The number of para-hydroxylation sites is 1. The molecule has 0 aliphatic rings. The first kappa shape index (κ1) is 19.5. The standard InChI is InChI=1S/C14H14N4O6S2/c1-22-7-10(12(19)18-26(20,21)23-2)9-5-3-4-6-11(9)24-13-15-8-16-14(25)17-13/h3-8H,1-2H3,(H,18,19)(H,15,16,17,25)/b10-7+. The Morgan fingerprint density at radius 3 is 2.65 bits per heavy atom. The van der Waals surface area contributed by atoms with Crippen LogP contribution in [0.3, 0.4) is 0 Å². The Hall–Kier alpha value is -2.83. The van der Waals surface area contributed by atoms with Crippen LogP contribution in [0, 0.1) is 4.77 Å². The van der Waals surface area contributed by atoms with Gasteiger partial charge in [-0.15, -0.1) is 0 Å². The Kier molecular flexibility index (Phi) is 6.38. The maximum Gasteiger partial charge on any atom is 0.362 e. The van der Waals surface area contributed by atoms with E-state index in [0.717, 1.165) is 13.4 Å². The summed E-state index contributed by atoms with van der Waals surface area (Å²) >= 11 is 4.89. The normalized spacial score (nSPS) is 11.7. The molecule has 2 aromatic rings. The highest BCUT2D eigenvalue weighted by Gasteiger charge is 2.22. The number of nitrogens with zero attached hydrogens (tertiary/aromatic N) is 2. The fraction of sp³-hybridized carbons (Fsp3) is 0.143. The van der Waals surface area contributed by atoms with Crippen molar-refractivity contribution < 1.29 is 26.9 Å². The van der Waals surface area contributed by atoms with Crippen molar-refractivity contribution in [2.45, 2.75) is 0 Å². The molecule has 2 rings (SSSR count). The Bertz CT molecular complexity index is 987. The molecule has 12 heteroatoms. The summed E-state index contributed by atoms with van der Waals surface area (Å²) in [6, 6.07) is 6.42. The molecule has 0 saturated heterocycles. The van der Waals surface area contributed by atoms with E-state index in [0.29, 0.717) is 0 Å². The monoisotopic (exact) mass is 398 g/mol. The number of methoxy groups -OCH3 is 1. The second-order valence-electron chi connectivity index (χ2n) is 4.53. The third kappa shape index (κ3) is 5.08. The van der Waals surface area contributed by atoms with Crippen LogP contribution in [-0.2, 0) is 24.0 Å². The van der Waals surface area contributed by atoms with E-state index in [9.17, 15) is 13.2 Å². The summed E-state index contributed by atoms with van der Waals surface area (Å²) in [4.78, 5) is 22.6. The molecule has 0 radical (unpaired) electrons. The summed E-state index contributed by atoms with van der Waals surface area (Å²) in [6.07, 6.45) is 2.28. The zero-order chi connectivity index (χ0) is 19.2. The zero-order valence-corrected chi connectivity index (χ0v) is 15.3. The van der Waals surface area contributed by atoms with E-state index in [-0.39, 0.29) is 27.7 Å². The topological polar surface area (TPSA) is 132 Å². The van der Waals surface area contributed by atoms with E-state index in [4.69, 9.17) is 21.7 Å². The number of H-pyrrole nitrogens is 1. The molecule has 0 unspecified atom stereocenters. The summed E-state index contributed by atoms with van der Waals surface area (Å²) in [7, 11) is -2.02. The van der Waals surface area contributed by atoms with Crippen molar-refractivity contribution in [1.82, 2.24) is 19.7 Å². The number of hydrogen-bond acceptors (Lipinski definition) is 9. The Morgan fingerprint density at radius 2 is 2.00 bits per heavy atom. The second-order valence-corrected chi connectivity index (χ2v) is 6.36. The first-order valence-corrected chi connectivity index (χ1v) is 8.72. The summed E-state index contributed by atoms with van der Waals surface area (Å²) < 4.78 is 39.6. The number of amides is 1. The van der Waals surface area contributed by atoms with Gasteiger partial charge in [-0.25, -0.2) is 9.71 Å². The molecule has 0 atom stereocenters. The molecule has 0 aliphatic carbocycles. The fourth-order valence-corrected chi connectivity index (χ4v) is 2.35. The molecule has 1 aromatic heterocycles. The van der Waals surface area contributed by atoms with E-state index in [1.165, 1.54) is 19.5 Å². The predicted octanol–water partition coefficient (Wildman–Crippen LogP) is 1.32. The summed E-state index contributed by atoms with van der Waals surface area (Å²) in [5.41, 5.74) is 0.132. The maximum absolute atomic E-state index is 12.3. The van der Waals surface area contributed by atoms with Crippen LogP contribution in [0.15, 0.2) is 36.9 Å². The molecule has 0 spiro atoms. The van der Waals surface area contributed by atoms with E-state index in [2.05, 4.69) is 19.1 Å². The maximum atomic E-state index is 12.3. The number of aromatic nitrogens is 3. The Balaban J connectivity index is 2.42. The lowest BCUT2D eigenvalue weighted by Gasteiger charge is -2.13. The van der Waals surface area contributed by atoms with Gasteiger partial charge in [0.05, 0.1) is 26.1 Å². The van der Waals surface area contributed by atoms with Crippen LogP contribution in [0.25, 0.3) is 5.57 Å². The minimum Gasteiger partial charge on any atom is -0.504 e. The second kappa shape index (κ2) is 8.51. The lowest BCUT2D eigenvalue weighted by molar-refractivity contribution is -0.114. The largest absolute Gasteiger partial charge is 0.504 e. The van der Waals surface area contributed by atoms with Gasteiger partial charge in [-0.3, -0.25) is 14.0 Å². The van der Waals surface area contributed by atoms with Gasteiger partial charge in [0.25, 0.3) is 5.91 Å². The third-order valence-electron chi connectivity index (χ3n) is 2.87. The van der Waals surface area contributed by atoms with Crippen molar-refractivity contribution in [3.8, 4) is 11.8 Å². The van der Waals surface area contributed by atoms with Crippen molar-refractivity contribution >= 4 is 34.0 Å². The minimum atomic E-state index is -4.24. The molecule has 0 saturated carbocycles. The summed E-state index contributed by atoms with van der Waals surface area (Å²) in [6.45, 7) is 0. The summed E-state index contributed by atoms with van der Waals surface area (Å²) in [5, 5.41) is 0. The molecule has 26 heavy (non-hydrogen) atoms. The van der Waals surface area contributed by atoms with Gasteiger partial charge in [-0.2, -0.15) is 13.4 Å². The predicted molar refractivity (Wildman–Crippen MR) is 92.8 cm³/mol. The van der Waals surface area contributed by atoms with Crippen LogP contribution in [-0.4, -0.2) is 43.5 Å². The minimum absolute atomic E-state index is 0.0409. The van der Waals surface area contributed by atoms with Gasteiger partial charge in [-0.05, 0) is 18.3 Å². The molecular weight excluding hydrogens is 384 g/mol. The van der Waals surface area contributed by atoms with E-state index in [1.54, 1.807) is 22.9 Å². The van der Waals surface area contributed by atoms with Crippen molar-refractivity contribution in [3.63, 3.8) is 0 Å². The quantitative estimate of drug-likeness (QED) is 0.402. The Labute approximate surface area is 154 Å². The first-order chi connectivity index (χ1) is 12.4. The van der Waals surface area contributed by atoms with Crippen molar-refractivity contribution in [2.75, 3.05) is 14.2 Å². The highest BCUT2D eigenvalue weighted by molar-refractivity contribution is 7.85. The number of hydrogen-bond donors (Lipinski definition) is 2. The molecule has 1 aromatic carbocycles. The number of benzene rings is 1. The first-order valence-electron chi connectivity index (χ1n) is 6.90. The average molecular weight is 398 g/mol. The van der Waals surface area contributed by atoms with Crippen LogP contribution in [0.5, 0.6) is 11.8 Å². The number of carbonyl (C=O) groups excluding carboxylic acids is 1. The van der Waals surface area contributed by atoms with Gasteiger partial charge in [0, 0.05) is 5.56 Å². The number of carbonyl (C=O) groups is 1. The number of aromatic amines is 1. The van der Waals surface area contributed by atoms with Gasteiger partial charge in [-0.1, -0.05) is 18.2 Å². The van der Waals surface area contributed by atoms with Crippen LogP contribution in [0.4, 0.5) is 0 Å². The lowest BCUT2D eigenvalue weighted by atomic mass is 10.1. The molecular formula is C14H14N4O6S2. The summed E-state index contributed by atoms with van der Waals surface area (Å²) in [5.74, 6) is -0.773. The molecule has 1 amide bonds. The van der Waals surface area contributed by atoms with Gasteiger partial charge in [0.2, 0.25) is 4.77 Å². The fourth-order valence-electron chi connectivity index (χ4n) is 1.79. The van der Waals surface area contributed by atoms with Crippen LogP contribution >= 0.6 is 12.2 Å². The van der Waals surface area contributed by atoms with Crippen molar-refractivity contribution in [1.29, 1.82) is 0 Å². The van der Waals surface area contributed by atoms with E-state index < -0.39 is 16.2 Å². The van der Waals surface area contributed by atoms with Gasteiger partial charge >= 0.3 is 16.3 Å². The van der Waals surface area contributed by atoms with Crippen LogP contribution < -0.4 is 9.46 Å². The third-order valence-corrected chi connectivity index (χ3v) is 3.95. The number of rotatable bonds is 7. The van der Waals surface area contributed by atoms with Gasteiger partial charge in [0.1, 0.15) is 12.1 Å². The van der Waals surface area contributed by atoms with Gasteiger partial charge in [0.15, 0.2) is 0 Å². The van der Waals surface area contributed by atoms with E-state index >= 15 is 0 Å². The molecule has 0 aliphatic heterocycles. The SMILES string of the molecule is CO/C=C(/C(=O)NS(=O)(=O)OC)c1ccccc1Oc1ncnc(=S)[nH]1. The lowest BCUT2D eigenvalue weighted by Crippen LogP contribution is -2.32. The molecule has 0 fully saturated rings.